The van der Waals surface area contributed by atoms with Gasteiger partial charge in [-0.3, -0.25) is 4.90 Å². The van der Waals surface area contributed by atoms with Crippen molar-refractivity contribution in [1.29, 1.82) is 0 Å². The van der Waals surface area contributed by atoms with Gasteiger partial charge in [0, 0.05) is 32.2 Å². The Hall–Kier alpha value is -1.14. The standard InChI is InChI=1S/C18H28N2O3.2ClH/c1-5-6-7-15(20-10-8-19-9-11-20)14-12-16(21-2)18(23-4)17(13-14)22-3;;/h5,12-13,15,19H,1,6-11H2,2-4H3;2*1H/t15-;;/m1../s1. The third-order valence-corrected chi connectivity index (χ3v) is 4.31. The number of benzene rings is 1. The molecule has 1 aliphatic heterocycles. The number of allylic oxidation sites excluding steroid dienone is 1. The highest BCUT2D eigenvalue weighted by molar-refractivity contribution is 5.85. The van der Waals surface area contributed by atoms with Gasteiger partial charge in [-0.2, -0.15) is 0 Å². The van der Waals surface area contributed by atoms with Crippen LogP contribution in [0, 0.1) is 0 Å². The Morgan fingerprint density at radius 3 is 2.08 bits per heavy atom. The fourth-order valence-electron chi connectivity index (χ4n) is 3.12. The SMILES string of the molecule is C=CCC[C@H](c1cc(OC)c(OC)c(OC)c1)N1CCNCC1.Cl.Cl. The van der Waals surface area contributed by atoms with Gasteiger partial charge in [0.2, 0.25) is 5.75 Å². The van der Waals surface area contributed by atoms with E-state index in [-0.39, 0.29) is 24.8 Å². The maximum atomic E-state index is 5.51. The van der Waals surface area contributed by atoms with Crippen LogP contribution in [0.15, 0.2) is 24.8 Å². The van der Waals surface area contributed by atoms with E-state index in [1.807, 2.05) is 6.08 Å². The minimum absolute atomic E-state index is 0. The number of halogens is 2. The molecule has 1 fully saturated rings. The van der Waals surface area contributed by atoms with Crippen LogP contribution in [-0.4, -0.2) is 52.4 Å². The molecule has 1 aliphatic rings. The summed E-state index contributed by atoms with van der Waals surface area (Å²) in [7, 11) is 4.95. The molecular formula is C18H30Cl2N2O3. The monoisotopic (exact) mass is 392 g/mol. The first-order chi connectivity index (χ1) is 11.2. The summed E-state index contributed by atoms with van der Waals surface area (Å²) < 4.78 is 16.4. The molecule has 1 atom stereocenters. The third-order valence-electron chi connectivity index (χ3n) is 4.31. The van der Waals surface area contributed by atoms with E-state index in [0.29, 0.717) is 23.3 Å². The minimum Gasteiger partial charge on any atom is -0.493 e. The highest BCUT2D eigenvalue weighted by atomic mass is 35.5. The molecule has 1 saturated heterocycles. The summed E-state index contributed by atoms with van der Waals surface area (Å²) in [6.45, 7) is 7.99. The van der Waals surface area contributed by atoms with Gasteiger partial charge < -0.3 is 19.5 Å². The molecule has 0 spiro atoms. The normalized spacial score (nSPS) is 15.3. The Kier molecular flexibility index (Phi) is 11.7. The van der Waals surface area contributed by atoms with Gasteiger partial charge in [-0.1, -0.05) is 6.08 Å². The van der Waals surface area contributed by atoms with E-state index in [1.54, 1.807) is 21.3 Å². The van der Waals surface area contributed by atoms with Crippen molar-refractivity contribution in [2.75, 3.05) is 47.5 Å². The number of hydrogen-bond acceptors (Lipinski definition) is 5. The molecule has 144 valence electrons. The van der Waals surface area contributed by atoms with E-state index in [1.165, 1.54) is 5.56 Å². The summed E-state index contributed by atoms with van der Waals surface area (Å²) in [5.41, 5.74) is 1.20. The Morgan fingerprint density at radius 1 is 1.08 bits per heavy atom. The van der Waals surface area contributed by atoms with Crippen LogP contribution in [0.1, 0.15) is 24.4 Å². The molecule has 25 heavy (non-hydrogen) atoms. The zero-order chi connectivity index (χ0) is 16.7. The summed E-state index contributed by atoms with van der Waals surface area (Å²) in [5.74, 6) is 2.06. The average molecular weight is 393 g/mol. The van der Waals surface area contributed by atoms with Crippen molar-refractivity contribution in [2.45, 2.75) is 18.9 Å². The van der Waals surface area contributed by atoms with Gasteiger partial charge in [0.05, 0.1) is 21.3 Å². The zero-order valence-corrected chi connectivity index (χ0v) is 16.9. The first kappa shape index (κ1) is 23.9. The molecule has 1 aromatic carbocycles. The number of ether oxygens (including phenoxy) is 3. The average Bonchev–Trinajstić information content (AvgIpc) is 2.61. The van der Waals surface area contributed by atoms with Crippen LogP contribution in [0.3, 0.4) is 0 Å². The molecule has 0 aromatic heterocycles. The summed E-state index contributed by atoms with van der Waals surface area (Å²) in [4.78, 5) is 2.51. The summed E-state index contributed by atoms with van der Waals surface area (Å²) in [5, 5.41) is 3.41. The van der Waals surface area contributed by atoms with Gasteiger partial charge in [0.1, 0.15) is 0 Å². The molecule has 0 saturated carbocycles. The molecule has 0 bridgehead atoms. The van der Waals surface area contributed by atoms with Gasteiger partial charge >= 0.3 is 0 Å². The lowest BCUT2D eigenvalue weighted by atomic mass is 9.98. The van der Waals surface area contributed by atoms with Crippen LogP contribution >= 0.6 is 24.8 Å². The maximum Gasteiger partial charge on any atom is 0.203 e. The van der Waals surface area contributed by atoms with Crippen LogP contribution < -0.4 is 19.5 Å². The second kappa shape index (κ2) is 12.3. The van der Waals surface area contributed by atoms with Crippen molar-refractivity contribution in [2.24, 2.45) is 0 Å². The highest BCUT2D eigenvalue weighted by Crippen LogP contribution is 2.41. The molecule has 1 N–H and O–H groups in total. The lowest BCUT2D eigenvalue weighted by Crippen LogP contribution is -2.45. The van der Waals surface area contributed by atoms with Crippen LogP contribution in [0.4, 0.5) is 0 Å². The van der Waals surface area contributed by atoms with E-state index in [0.717, 1.165) is 39.0 Å². The molecule has 0 radical (unpaired) electrons. The first-order valence-electron chi connectivity index (χ1n) is 8.10. The van der Waals surface area contributed by atoms with E-state index in [2.05, 4.69) is 28.9 Å². The quantitative estimate of drug-likeness (QED) is 0.686. The predicted octanol–water partition coefficient (Wildman–Crippen LogP) is 3.47. The van der Waals surface area contributed by atoms with Crippen LogP contribution in [0.2, 0.25) is 0 Å². The van der Waals surface area contributed by atoms with Gasteiger partial charge in [-0.25, -0.2) is 0 Å². The molecular weight excluding hydrogens is 363 g/mol. The first-order valence-corrected chi connectivity index (χ1v) is 8.10. The maximum absolute atomic E-state index is 5.51. The van der Waals surface area contributed by atoms with Crippen LogP contribution in [0.25, 0.3) is 0 Å². The van der Waals surface area contributed by atoms with E-state index < -0.39 is 0 Å². The fraction of sp³-hybridized carbons (Fsp3) is 0.556. The van der Waals surface area contributed by atoms with Gasteiger partial charge in [-0.05, 0) is 30.5 Å². The second-order valence-electron chi connectivity index (χ2n) is 5.63. The lowest BCUT2D eigenvalue weighted by Gasteiger charge is -2.35. The van der Waals surface area contributed by atoms with E-state index in [9.17, 15) is 0 Å². The van der Waals surface area contributed by atoms with Crippen molar-refractivity contribution in [3.63, 3.8) is 0 Å². The van der Waals surface area contributed by atoms with Crippen molar-refractivity contribution in [3.05, 3.63) is 30.4 Å². The molecule has 1 heterocycles. The molecule has 0 amide bonds. The topological polar surface area (TPSA) is 43.0 Å². The number of nitrogens with one attached hydrogen (secondary N) is 1. The Bertz CT molecular complexity index is 498. The van der Waals surface area contributed by atoms with E-state index >= 15 is 0 Å². The number of rotatable bonds is 8. The van der Waals surface area contributed by atoms with Crippen LogP contribution in [-0.2, 0) is 0 Å². The number of piperazine rings is 1. The van der Waals surface area contributed by atoms with Gasteiger partial charge in [0.25, 0.3) is 0 Å². The van der Waals surface area contributed by atoms with E-state index in [4.69, 9.17) is 14.2 Å². The number of methoxy groups -OCH3 is 3. The smallest absolute Gasteiger partial charge is 0.203 e. The third kappa shape index (κ3) is 5.96. The molecule has 7 heteroatoms. The molecule has 1 aromatic rings. The largest absolute Gasteiger partial charge is 0.493 e. The molecule has 0 unspecified atom stereocenters. The molecule has 0 aliphatic carbocycles. The Balaban J connectivity index is 0.00000288. The van der Waals surface area contributed by atoms with Crippen molar-refractivity contribution >= 4 is 24.8 Å². The van der Waals surface area contributed by atoms with Crippen LogP contribution in [0.5, 0.6) is 17.2 Å². The van der Waals surface area contributed by atoms with Crippen molar-refractivity contribution < 1.29 is 14.2 Å². The Labute approximate surface area is 163 Å². The highest BCUT2D eigenvalue weighted by Gasteiger charge is 2.24. The van der Waals surface area contributed by atoms with Gasteiger partial charge in [-0.15, -0.1) is 31.4 Å². The fourth-order valence-corrected chi connectivity index (χ4v) is 3.12. The lowest BCUT2D eigenvalue weighted by molar-refractivity contribution is 0.165. The van der Waals surface area contributed by atoms with Crippen molar-refractivity contribution in [3.8, 4) is 17.2 Å². The molecule has 5 nitrogen and oxygen atoms in total. The van der Waals surface area contributed by atoms with Crippen molar-refractivity contribution in [1.82, 2.24) is 10.2 Å². The van der Waals surface area contributed by atoms with Gasteiger partial charge in [0.15, 0.2) is 11.5 Å². The summed E-state index contributed by atoms with van der Waals surface area (Å²) in [6, 6.07) is 4.46. The Morgan fingerprint density at radius 2 is 1.64 bits per heavy atom. The summed E-state index contributed by atoms with van der Waals surface area (Å²) in [6.07, 6.45) is 3.99. The minimum atomic E-state index is 0. The number of nitrogens with zero attached hydrogens (tertiary/aromatic N) is 1. The molecule has 2 rings (SSSR count). The summed E-state index contributed by atoms with van der Waals surface area (Å²) >= 11 is 0. The number of hydrogen-bond donors (Lipinski definition) is 1. The predicted molar refractivity (Wildman–Crippen MR) is 107 cm³/mol. The zero-order valence-electron chi connectivity index (χ0n) is 15.2. The second-order valence-corrected chi connectivity index (χ2v) is 5.63.